The zero-order valence-corrected chi connectivity index (χ0v) is 10.6. The molecule has 0 saturated heterocycles. The van der Waals surface area contributed by atoms with Crippen molar-refractivity contribution < 1.29 is 0 Å². The van der Waals surface area contributed by atoms with Crippen LogP contribution in [0, 0.1) is 0 Å². The van der Waals surface area contributed by atoms with Crippen LogP contribution in [-0.4, -0.2) is 9.97 Å². The molecule has 0 atom stereocenters. The van der Waals surface area contributed by atoms with Gasteiger partial charge in [0.15, 0.2) is 0 Å². The van der Waals surface area contributed by atoms with Crippen LogP contribution in [0.1, 0.15) is 32.0 Å². The first-order valence-corrected chi connectivity index (χ1v) is 5.85. The monoisotopic (exact) mass is 229 g/mol. The molecule has 0 amide bonds. The fourth-order valence-corrected chi connectivity index (χ4v) is 1.69. The Bertz CT molecular complexity index is 506. The highest BCUT2D eigenvalue weighted by molar-refractivity contribution is 5.56. The van der Waals surface area contributed by atoms with Crippen molar-refractivity contribution in [2.45, 2.75) is 32.7 Å². The zero-order valence-electron chi connectivity index (χ0n) is 10.6. The van der Waals surface area contributed by atoms with E-state index >= 15 is 0 Å². The van der Waals surface area contributed by atoms with E-state index < -0.39 is 0 Å². The van der Waals surface area contributed by atoms with E-state index in [9.17, 15) is 0 Å². The summed E-state index contributed by atoms with van der Waals surface area (Å²) in [5.41, 5.74) is 9.09. The summed E-state index contributed by atoms with van der Waals surface area (Å²) in [7, 11) is 0. The minimum Gasteiger partial charge on any atom is -0.341 e. The molecule has 1 heterocycles. The lowest BCUT2D eigenvalue weighted by Crippen LogP contribution is -2.11. The summed E-state index contributed by atoms with van der Waals surface area (Å²) in [5.74, 6) is 0.908. The largest absolute Gasteiger partial charge is 0.341 e. The first-order chi connectivity index (χ1) is 8.00. The minimum absolute atomic E-state index is 0.0940. The summed E-state index contributed by atoms with van der Waals surface area (Å²) >= 11 is 0. The number of nitrogens with one attached hydrogen (secondary N) is 1. The highest BCUT2D eigenvalue weighted by Gasteiger charge is 2.16. The van der Waals surface area contributed by atoms with E-state index in [0.717, 1.165) is 22.6 Å². The predicted molar refractivity (Wildman–Crippen MR) is 70.6 cm³/mol. The fourth-order valence-electron chi connectivity index (χ4n) is 1.69. The van der Waals surface area contributed by atoms with Crippen LogP contribution in [-0.2, 0) is 12.0 Å². The molecule has 3 nitrogen and oxygen atoms in total. The van der Waals surface area contributed by atoms with E-state index in [1.165, 1.54) is 0 Å². The van der Waals surface area contributed by atoms with Crippen molar-refractivity contribution in [1.82, 2.24) is 9.97 Å². The van der Waals surface area contributed by atoms with Gasteiger partial charge in [0, 0.05) is 29.4 Å². The number of hydrogen-bond acceptors (Lipinski definition) is 2. The highest BCUT2D eigenvalue weighted by atomic mass is 14.9. The van der Waals surface area contributed by atoms with Gasteiger partial charge in [-0.25, -0.2) is 4.98 Å². The van der Waals surface area contributed by atoms with Crippen molar-refractivity contribution in [3.05, 3.63) is 41.7 Å². The van der Waals surface area contributed by atoms with Gasteiger partial charge in [-0.3, -0.25) is 0 Å². The number of benzene rings is 1. The summed E-state index contributed by atoms with van der Waals surface area (Å²) in [5, 5.41) is 0. The molecule has 0 bridgehead atoms. The maximum absolute atomic E-state index is 5.64. The van der Waals surface area contributed by atoms with E-state index in [2.05, 4.69) is 36.8 Å². The Morgan fingerprint density at radius 3 is 2.65 bits per heavy atom. The normalized spacial score (nSPS) is 11.8. The van der Waals surface area contributed by atoms with Crippen LogP contribution in [0.2, 0.25) is 0 Å². The van der Waals surface area contributed by atoms with Crippen LogP contribution in [0.4, 0.5) is 0 Å². The fraction of sp³-hybridized carbons (Fsp3) is 0.357. The molecule has 0 aliphatic heterocycles. The van der Waals surface area contributed by atoms with Gasteiger partial charge in [0.05, 0.1) is 0 Å². The van der Waals surface area contributed by atoms with E-state index in [1.54, 1.807) is 0 Å². The molecular formula is C14H19N3. The van der Waals surface area contributed by atoms with Gasteiger partial charge in [-0.05, 0) is 11.6 Å². The Labute approximate surface area is 102 Å². The maximum atomic E-state index is 5.64. The molecule has 0 unspecified atom stereocenters. The molecule has 90 valence electrons. The van der Waals surface area contributed by atoms with Crippen molar-refractivity contribution in [3.8, 4) is 11.4 Å². The maximum Gasteiger partial charge on any atom is 0.137 e. The van der Waals surface area contributed by atoms with Gasteiger partial charge in [-0.2, -0.15) is 0 Å². The molecule has 0 saturated carbocycles. The Morgan fingerprint density at radius 1 is 1.29 bits per heavy atom. The Balaban J connectivity index is 2.37. The lowest BCUT2D eigenvalue weighted by molar-refractivity contribution is 0.573. The lowest BCUT2D eigenvalue weighted by Gasteiger charge is -2.15. The SMILES string of the molecule is CC(C)(C)c1cnc(-c2cccc(CN)c2)[nH]1. The highest BCUT2D eigenvalue weighted by Crippen LogP contribution is 2.24. The molecule has 1 aromatic carbocycles. The Hall–Kier alpha value is -1.61. The van der Waals surface area contributed by atoms with Gasteiger partial charge in [-0.1, -0.05) is 39.0 Å². The lowest BCUT2D eigenvalue weighted by atomic mass is 9.93. The van der Waals surface area contributed by atoms with Crippen LogP contribution in [0.5, 0.6) is 0 Å². The Morgan fingerprint density at radius 2 is 2.06 bits per heavy atom. The number of hydrogen-bond donors (Lipinski definition) is 2. The van der Waals surface area contributed by atoms with Crippen LogP contribution >= 0.6 is 0 Å². The average molecular weight is 229 g/mol. The molecule has 0 fully saturated rings. The molecular weight excluding hydrogens is 210 g/mol. The van der Waals surface area contributed by atoms with Crippen LogP contribution in [0.25, 0.3) is 11.4 Å². The van der Waals surface area contributed by atoms with E-state index in [-0.39, 0.29) is 5.41 Å². The number of nitrogens with zero attached hydrogens (tertiary/aromatic N) is 1. The van der Waals surface area contributed by atoms with Crippen LogP contribution < -0.4 is 5.73 Å². The molecule has 0 aliphatic carbocycles. The van der Waals surface area contributed by atoms with Gasteiger partial charge in [0.2, 0.25) is 0 Å². The third kappa shape index (κ3) is 2.56. The zero-order chi connectivity index (χ0) is 12.5. The summed E-state index contributed by atoms with van der Waals surface area (Å²) in [6.45, 7) is 7.06. The van der Waals surface area contributed by atoms with E-state index in [0.29, 0.717) is 6.54 Å². The second kappa shape index (κ2) is 4.34. The van der Waals surface area contributed by atoms with Crippen molar-refractivity contribution >= 4 is 0 Å². The smallest absolute Gasteiger partial charge is 0.137 e. The summed E-state index contributed by atoms with van der Waals surface area (Å²) in [6, 6.07) is 8.16. The molecule has 0 aliphatic rings. The molecule has 3 heteroatoms. The average Bonchev–Trinajstić information content (AvgIpc) is 2.78. The first-order valence-electron chi connectivity index (χ1n) is 5.85. The number of imidazole rings is 1. The molecule has 2 rings (SSSR count). The summed E-state index contributed by atoms with van der Waals surface area (Å²) in [4.78, 5) is 7.80. The first kappa shape index (κ1) is 11.9. The van der Waals surface area contributed by atoms with Crippen molar-refractivity contribution in [3.63, 3.8) is 0 Å². The van der Waals surface area contributed by atoms with Gasteiger partial charge >= 0.3 is 0 Å². The van der Waals surface area contributed by atoms with E-state index in [1.807, 2.05) is 24.4 Å². The summed E-state index contributed by atoms with van der Waals surface area (Å²) in [6.07, 6.45) is 1.91. The summed E-state index contributed by atoms with van der Waals surface area (Å²) < 4.78 is 0. The van der Waals surface area contributed by atoms with Gasteiger partial charge < -0.3 is 10.7 Å². The molecule has 17 heavy (non-hydrogen) atoms. The van der Waals surface area contributed by atoms with Crippen LogP contribution in [0.15, 0.2) is 30.5 Å². The second-order valence-electron chi connectivity index (χ2n) is 5.30. The van der Waals surface area contributed by atoms with Crippen molar-refractivity contribution in [2.75, 3.05) is 0 Å². The van der Waals surface area contributed by atoms with Crippen molar-refractivity contribution in [2.24, 2.45) is 5.73 Å². The van der Waals surface area contributed by atoms with Gasteiger partial charge in [0.1, 0.15) is 5.82 Å². The standard InChI is InChI=1S/C14H19N3/c1-14(2,3)12-9-16-13(17-12)11-6-4-5-10(7-11)8-15/h4-7,9H,8,15H2,1-3H3,(H,16,17). The van der Waals surface area contributed by atoms with Crippen molar-refractivity contribution in [1.29, 1.82) is 0 Å². The number of aromatic nitrogens is 2. The molecule has 1 aromatic heterocycles. The third-order valence-electron chi connectivity index (χ3n) is 2.82. The topological polar surface area (TPSA) is 54.7 Å². The second-order valence-corrected chi connectivity index (χ2v) is 5.30. The Kier molecular flexibility index (Phi) is 3.03. The number of rotatable bonds is 2. The molecule has 3 N–H and O–H groups in total. The molecule has 0 spiro atoms. The molecule has 0 radical (unpaired) electrons. The predicted octanol–water partition coefficient (Wildman–Crippen LogP) is 2.83. The van der Waals surface area contributed by atoms with Gasteiger partial charge in [-0.15, -0.1) is 0 Å². The number of H-pyrrole nitrogens is 1. The number of aromatic amines is 1. The minimum atomic E-state index is 0.0940. The third-order valence-corrected chi connectivity index (χ3v) is 2.82. The number of nitrogens with two attached hydrogens (primary N) is 1. The van der Waals surface area contributed by atoms with Crippen LogP contribution in [0.3, 0.4) is 0 Å². The van der Waals surface area contributed by atoms with Gasteiger partial charge in [0.25, 0.3) is 0 Å². The van der Waals surface area contributed by atoms with E-state index in [4.69, 9.17) is 5.73 Å². The quantitative estimate of drug-likeness (QED) is 0.832. The molecule has 2 aromatic rings.